The van der Waals surface area contributed by atoms with Crippen molar-refractivity contribution in [3.63, 3.8) is 0 Å². The molecule has 0 fully saturated rings. The molecule has 0 aliphatic carbocycles. The van der Waals surface area contributed by atoms with Crippen molar-refractivity contribution < 1.29 is 10.2 Å². The summed E-state index contributed by atoms with van der Waals surface area (Å²) < 4.78 is 0. The topological polar surface area (TPSA) is 40.5 Å². The Hall–Kier alpha value is -0.0800. The van der Waals surface area contributed by atoms with Gasteiger partial charge in [0, 0.05) is 12.2 Å². The molecule has 0 rings (SSSR count). The van der Waals surface area contributed by atoms with E-state index in [1.807, 2.05) is 0 Å². The van der Waals surface area contributed by atoms with Crippen molar-refractivity contribution >= 4 is 0 Å². The van der Waals surface area contributed by atoms with Crippen LogP contribution in [-0.4, -0.2) is 22.4 Å². The lowest BCUT2D eigenvalue weighted by Gasteiger charge is -1.80. The molecule has 0 saturated carbocycles. The number of aliphatic hydroxyl groups excluding tert-OH is 2. The zero-order valence-corrected chi connectivity index (χ0v) is 6.05. The molecule has 68 valence electrons. The molecule has 2 nitrogen and oxygen atoms in total. The van der Waals surface area contributed by atoms with Gasteiger partial charge in [0.05, 0.1) is 0 Å². The molecule has 0 bridgehead atoms. The fourth-order valence-electron chi connectivity index (χ4n) is 0. The van der Waals surface area contributed by atoms with Gasteiger partial charge < -0.3 is 10.2 Å². The third-order valence-corrected chi connectivity index (χ3v) is 0. The van der Waals surface area contributed by atoms with Crippen LogP contribution in [0.1, 0.15) is 42.5 Å². The third kappa shape index (κ3) is 59300. The van der Waals surface area contributed by atoms with Crippen molar-refractivity contribution in [2.45, 2.75) is 54.8 Å². The van der Waals surface area contributed by atoms with Gasteiger partial charge in [-0.25, -0.2) is 0 Å². The van der Waals surface area contributed by atoms with Crippen LogP contribution in [0.4, 0.5) is 0 Å². The zero-order chi connectivity index (χ0) is 7.15. The third-order valence-electron chi connectivity index (χ3n) is 0. The highest BCUT2D eigenvalue weighted by molar-refractivity contribution is 4.21. The molecule has 0 aromatic rings. The van der Waals surface area contributed by atoms with Crippen LogP contribution in [0, 0.1) is 0 Å². The first-order valence-corrected chi connectivity index (χ1v) is 2.83. The summed E-state index contributed by atoms with van der Waals surface area (Å²) in [6, 6.07) is 0. The second kappa shape index (κ2) is 16.0. The molecule has 2 N–H and O–H groups in total. The lowest BCUT2D eigenvalue weighted by Crippen LogP contribution is -1.85. The summed E-state index contributed by atoms with van der Waals surface area (Å²) in [7, 11) is 0. The van der Waals surface area contributed by atoms with E-state index in [1.165, 1.54) is 0 Å². The number of aliphatic hydroxyl groups is 2. The molecule has 0 radical (unpaired) electrons. The highest BCUT2D eigenvalue weighted by Gasteiger charge is 1.69. The second-order valence-electron chi connectivity index (χ2n) is 2.19. The van der Waals surface area contributed by atoms with E-state index in [0.717, 1.165) is 0 Å². The van der Waals surface area contributed by atoms with Crippen molar-refractivity contribution in [3.05, 3.63) is 0 Å². The monoisotopic (exact) mass is 152 g/mol. The van der Waals surface area contributed by atoms with Crippen LogP contribution in [0.15, 0.2) is 0 Å². The molecule has 0 aromatic heterocycles. The van der Waals surface area contributed by atoms with Gasteiger partial charge in [0.15, 0.2) is 0 Å². The minimum absolute atomic E-state index is 0. The van der Waals surface area contributed by atoms with Gasteiger partial charge in [-0.2, -0.15) is 0 Å². The van der Waals surface area contributed by atoms with Crippen molar-refractivity contribution in [3.8, 4) is 0 Å². The number of hydrogen-bond acceptors (Lipinski definition) is 2. The first-order chi connectivity index (χ1) is 3.46. The highest BCUT2D eigenvalue weighted by Crippen LogP contribution is 1.65. The van der Waals surface area contributed by atoms with E-state index >= 15 is 0 Å². The van der Waals surface area contributed by atoms with Crippen LogP contribution < -0.4 is 0 Å². The maximum Gasteiger partial charge on any atom is 0.0483 e. The van der Waals surface area contributed by atoms with E-state index in [9.17, 15) is 0 Å². The van der Waals surface area contributed by atoms with Crippen molar-refractivity contribution in [2.75, 3.05) is 0 Å². The van der Waals surface area contributed by atoms with Crippen LogP contribution in [-0.2, 0) is 0 Å². The van der Waals surface area contributed by atoms with Gasteiger partial charge in [0.25, 0.3) is 0 Å². The average molecular weight is 152 g/mol. The van der Waals surface area contributed by atoms with Gasteiger partial charge in [-0.3, -0.25) is 0 Å². The lowest BCUT2D eigenvalue weighted by atomic mass is 10.5. The minimum Gasteiger partial charge on any atom is -0.394 e. The predicted molar refractivity (Wildman–Crippen MR) is 48.2 cm³/mol. The molecule has 2 heteroatoms. The summed E-state index contributed by atoms with van der Waals surface area (Å²) in [5, 5.41) is 16.1. The molecule has 0 amide bonds. The van der Waals surface area contributed by atoms with E-state index in [2.05, 4.69) is 0 Å². The molecular weight excluding hydrogens is 128 g/mol. The van der Waals surface area contributed by atoms with Gasteiger partial charge in [0.1, 0.15) is 0 Å². The maximum absolute atomic E-state index is 8.06. The summed E-state index contributed by atoms with van der Waals surface area (Å²) >= 11 is 0. The van der Waals surface area contributed by atoms with Gasteiger partial charge in [-0.05, 0) is 27.7 Å². The van der Waals surface area contributed by atoms with Crippen molar-refractivity contribution in [1.82, 2.24) is 0 Å². The highest BCUT2D eigenvalue weighted by atomic mass is 16.3. The average Bonchev–Trinajstić information content (AvgIpc) is 1.25. The molecule has 0 atom stereocenters. The molecular formula is C8H24O2. The zero-order valence-electron chi connectivity index (χ0n) is 6.05. The first-order valence-electron chi connectivity index (χ1n) is 2.83. The summed E-state index contributed by atoms with van der Waals surface area (Å²) in [4.78, 5) is 0. The van der Waals surface area contributed by atoms with Crippen LogP contribution in [0.3, 0.4) is 0 Å². The van der Waals surface area contributed by atoms with Gasteiger partial charge in [-0.1, -0.05) is 14.9 Å². The largest absolute Gasteiger partial charge is 0.394 e. The summed E-state index contributed by atoms with van der Waals surface area (Å²) in [6.07, 6.45) is -0.333. The van der Waals surface area contributed by atoms with Gasteiger partial charge in [0.2, 0.25) is 0 Å². The Morgan fingerprint density at radius 3 is 0.700 bits per heavy atom. The summed E-state index contributed by atoms with van der Waals surface area (Å²) in [5.41, 5.74) is 0. The van der Waals surface area contributed by atoms with Crippen LogP contribution in [0.2, 0.25) is 0 Å². The van der Waals surface area contributed by atoms with Crippen LogP contribution in [0.5, 0.6) is 0 Å². The number of hydrogen-bond donors (Lipinski definition) is 2. The fraction of sp³-hybridized carbons (Fsp3) is 1.00. The Balaban J connectivity index is -0.0000000300. The van der Waals surface area contributed by atoms with E-state index in [4.69, 9.17) is 10.2 Å². The molecule has 0 heterocycles. The molecule has 0 aromatic carbocycles. The predicted octanol–water partition coefficient (Wildman–Crippen LogP) is 2.05. The quantitative estimate of drug-likeness (QED) is 0.557. The molecule has 0 unspecified atom stereocenters. The minimum atomic E-state index is -0.167. The van der Waals surface area contributed by atoms with Crippen LogP contribution >= 0.6 is 0 Å². The Morgan fingerprint density at radius 1 is 0.700 bits per heavy atom. The standard InChI is InChI=1S/2C3H8O.2CH4/c2*1-3(2)4;;/h2*3-4H,1-2H3;2*1H4. The molecule has 0 aliphatic rings. The molecule has 0 spiro atoms. The maximum atomic E-state index is 8.06. The lowest BCUT2D eigenvalue weighted by molar-refractivity contribution is 0.215. The summed E-state index contributed by atoms with van der Waals surface area (Å²) in [5.74, 6) is 0. The summed E-state index contributed by atoms with van der Waals surface area (Å²) in [6.45, 7) is 6.89. The SMILES string of the molecule is C.C.CC(C)O.CC(C)O. The second-order valence-corrected chi connectivity index (χ2v) is 2.19. The van der Waals surface area contributed by atoms with Gasteiger partial charge in [-0.15, -0.1) is 0 Å². The van der Waals surface area contributed by atoms with E-state index < -0.39 is 0 Å². The van der Waals surface area contributed by atoms with Crippen molar-refractivity contribution in [2.24, 2.45) is 0 Å². The number of rotatable bonds is 0. The Labute approximate surface area is 65.9 Å². The van der Waals surface area contributed by atoms with E-state index in [1.54, 1.807) is 27.7 Å². The fourth-order valence-corrected chi connectivity index (χ4v) is 0. The normalized spacial score (nSPS) is 7.20. The van der Waals surface area contributed by atoms with Crippen molar-refractivity contribution in [1.29, 1.82) is 0 Å². The Morgan fingerprint density at radius 2 is 0.700 bits per heavy atom. The molecule has 0 aliphatic heterocycles. The first kappa shape index (κ1) is 22.5. The molecule has 10 heavy (non-hydrogen) atoms. The van der Waals surface area contributed by atoms with E-state index in [-0.39, 0.29) is 27.1 Å². The smallest absolute Gasteiger partial charge is 0.0483 e. The van der Waals surface area contributed by atoms with Gasteiger partial charge >= 0.3 is 0 Å². The van der Waals surface area contributed by atoms with E-state index in [0.29, 0.717) is 0 Å². The van der Waals surface area contributed by atoms with Crippen LogP contribution in [0.25, 0.3) is 0 Å². The Bertz CT molecular complexity index is 22.7. The molecule has 0 saturated heterocycles. The Kier molecular flexibility index (Phi) is 36.0.